The summed E-state index contributed by atoms with van der Waals surface area (Å²) in [6, 6.07) is 0.192. The number of nitrogens with one attached hydrogen (secondary N) is 1. The molecule has 1 saturated heterocycles. The third-order valence-corrected chi connectivity index (χ3v) is 4.54. The minimum Gasteiger partial charge on any atom is -0.374 e. The van der Waals surface area contributed by atoms with Crippen LogP contribution in [0.4, 0.5) is 0 Å². The molecule has 1 rings (SSSR count). The Labute approximate surface area is 113 Å². The molecule has 0 spiro atoms. The molecule has 0 saturated carbocycles. The van der Waals surface area contributed by atoms with E-state index in [1.165, 1.54) is 0 Å². The average molecular weight is 306 g/mol. The van der Waals surface area contributed by atoms with Crippen LogP contribution in [0.25, 0.3) is 0 Å². The van der Waals surface area contributed by atoms with Gasteiger partial charge in [-0.1, -0.05) is 36.7 Å². The van der Waals surface area contributed by atoms with Crippen LogP contribution in [-0.2, 0) is 9.53 Å². The zero-order valence-electron chi connectivity index (χ0n) is 11.4. The topological polar surface area (TPSA) is 38.3 Å². The molecule has 0 aromatic heterocycles. The van der Waals surface area contributed by atoms with Crippen molar-refractivity contribution in [2.75, 3.05) is 5.33 Å². The highest BCUT2D eigenvalue weighted by molar-refractivity contribution is 9.09. The summed E-state index contributed by atoms with van der Waals surface area (Å²) >= 11 is 3.45. The van der Waals surface area contributed by atoms with Crippen LogP contribution in [0.15, 0.2) is 0 Å². The Morgan fingerprint density at radius 2 is 1.88 bits per heavy atom. The van der Waals surface area contributed by atoms with E-state index in [9.17, 15) is 4.79 Å². The molecule has 0 aromatic rings. The van der Waals surface area contributed by atoms with Gasteiger partial charge in [0.2, 0.25) is 5.91 Å². The van der Waals surface area contributed by atoms with Crippen LogP contribution in [0.2, 0.25) is 0 Å². The molecule has 17 heavy (non-hydrogen) atoms. The maximum absolute atomic E-state index is 12.3. The van der Waals surface area contributed by atoms with Crippen LogP contribution >= 0.6 is 15.9 Å². The lowest BCUT2D eigenvalue weighted by Crippen LogP contribution is -2.45. The standard InChI is InChI=1S/C13H24BrNO2/c1-7(2)11(6-14)15-13(16)12-8(3)9(4)17-10(12)5/h7-12H,6H2,1-5H3,(H,15,16). The minimum atomic E-state index is -0.0229. The number of alkyl halides is 1. The molecule has 0 radical (unpaired) electrons. The number of halogens is 1. The highest BCUT2D eigenvalue weighted by Gasteiger charge is 2.41. The van der Waals surface area contributed by atoms with E-state index in [-0.39, 0.29) is 36.0 Å². The van der Waals surface area contributed by atoms with Gasteiger partial charge in [-0.05, 0) is 25.7 Å². The van der Waals surface area contributed by atoms with E-state index < -0.39 is 0 Å². The van der Waals surface area contributed by atoms with Gasteiger partial charge < -0.3 is 10.1 Å². The Bertz CT molecular complexity index is 270. The van der Waals surface area contributed by atoms with Gasteiger partial charge in [0.1, 0.15) is 0 Å². The fourth-order valence-corrected chi connectivity index (χ4v) is 3.29. The summed E-state index contributed by atoms with van der Waals surface area (Å²) < 4.78 is 5.71. The zero-order valence-corrected chi connectivity index (χ0v) is 13.0. The highest BCUT2D eigenvalue weighted by Crippen LogP contribution is 2.32. The quantitative estimate of drug-likeness (QED) is 0.811. The van der Waals surface area contributed by atoms with Crippen LogP contribution in [0.3, 0.4) is 0 Å². The van der Waals surface area contributed by atoms with Crippen molar-refractivity contribution in [1.29, 1.82) is 0 Å². The van der Waals surface area contributed by atoms with E-state index in [1.807, 2.05) is 13.8 Å². The monoisotopic (exact) mass is 305 g/mol. The van der Waals surface area contributed by atoms with Gasteiger partial charge in [-0.2, -0.15) is 0 Å². The van der Waals surface area contributed by atoms with E-state index in [0.717, 1.165) is 5.33 Å². The van der Waals surface area contributed by atoms with Crippen molar-refractivity contribution in [3.63, 3.8) is 0 Å². The van der Waals surface area contributed by atoms with E-state index in [0.29, 0.717) is 5.92 Å². The first-order valence-corrected chi connectivity index (χ1v) is 7.52. The van der Waals surface area contributed by atoms with Crippen LogP contribution < -0.4 is 5.32 Å². The van der Waals surface area contributed by atoms with Crippen LogP contribution in [0, 0.1) is 17.8 Å². The smallest absolute Gasteiger partial charge is 0.226 e. The first-order chi connectivity index (χ1) is 7.88. The van der Waals surface area contributed by atoms with E-state index in [2.05, 4.69) is 42.0 Å². The Balaban J connectivity index is 2.64. The van der Waals surface area contributed by atoms with E-state index >= 15 is 0 Å². The lowest BCUT2D eigenvalue weighted by molar-refractivity contribution is -0.128. The number of ether oxygens (including phenoxy) is 1. The SMILES string of the molecule is CC(C)C(CBr)NC(=O)C1C(C)OC(C)C1C. The maximum atomic E-state index is 12.3. The molecule has 1 aliphatic rings. The molecule has 3 nitrogen and oxygen atoms in total. The molecule has 1 fully saturated rings. The number of hydrogen-bond acceptors (Lipinski definition) is 2. The second-order valence-corrected chi connectivity index (χ2v) is 6.09. The van der Waals surface area contributed by atoms with Gasteiger partial charge >= 0.3 is 0 Å². The first-order valence-electron chi connectivity index (χ1n) is 6.40. The summed E-state index contributed by atoms with van der Waals surface area (Å²) in [7, 11) is 0. The molecule has 1 N–H and O–H groups in total. The third kappa shape index (κ3) is 3.44. The Kier molecular flexibility index (Phi) is 5.45. The predicted molar refractivity (Wildman–Crippen MR) is 73.2 cm³/mol. The largest absolute Gasteiger partial charge is 0.374 e. The van der Waals surface area contributed by atoms with Gasteiger partial charge in [-0.25, -0.2) is 0 Å². The van der Waals surface area contributed by atoms with E-state index in [1.54, 1.807) is 0 Å². The van der Waals surface area contributed by atoms with Gasteiger partial charge in [0.25, 0.3) is 0 Å². The van der Waals surface area contributed by atoms with Crippen molar-refractivity contribution in [3.8, 4) is 0 Å². The van der Waals surface area contributed by atoms with Crippen molar-refractivity contribution in [3.05, 3.63) is 0 Å². The lowest BCUT2D eigenvalue weighted by Gasteiger charge is -2.24. The highest BCUT2D eigenvalue weighted by atomic mass is 79.9. The Hall–Kier alpha value is -0.0900. The molecule has 1 amide bonds. The first kappa shape index (κ1) is 15.0. The summed E-state index contributed by atoms with van der Waals surface area (Å²) in [6.07, 6.45) is 0.186. The summed E-state index contributed by atoms with van der Waals surface area (Å²) in [4.78, 5) is 12.3. The number of hydrogen-bond donors (Lipinski definition) is 1. The van der Waals surface area contributed by atoms with Crippen LogP contribution in [-0.4, -0.2) is 29.5 Å². The molecule has 1 aliphatic heterocycles. The summed E-state index contributed by atoms with van der Waals surface area (Å²) in [5.74, 6) is 0.828. The van der Waals surface area contributed by atoms with Crippen LogP contribution in [0.1, 0.15) is 34.6 Å². The van der Waals surface area contributed by atoms with Crippen molar-refractivity contribution in [2.24, 2.45) is 17.8 Å². The number of rotatable bonds is 4. The van der Waals surface area contributed by atoms with E-state index in [4.69, 9.17) is 4.74 Å². The number of amides is 1. The molecule has 0 aromatic carbocycles. The van der Waals surface area contributed by atoms with Gasteiger partial charge in [0.15, 0.2) is 0 Å². The summed E-state index contributed by atoms with van der Waals surface area (Å²) in [5, 5.41) is 3.92. The molecular formula is C13H24BrNO2. The zero-order chi connectivity index (χ0) is 13.2. The van der Waals surface area contributed by atoms with Crippen molar-refractivity contribution in [2.45, 2.75) is 52.9 Å². The van der Waals surface area contributed by atoms with Gasteiger partial charge in [0, 0.05) is 11.4 Å². The lowest BCUT2D eigenvalue weighted by atomic mass is 9.88. The van der Waals surface area contributed by atoms with Crippen LogP contribution in [0.5, 0.6) is 0 Å². The molecule has 100 valence electrons. The predicted octanol–water partition coefficient (Wildman–Crippen LogP) is 2.58. The van der Waals surface area contributed by atoms with Crippen molar-refractivity contribution < 1.29 is 9.53 Å². The molecule has 0 bridgehead atoms. The number of carbonyl (C=O) groups is 1. The molecule has 4 heteroatoms. The van der Waals surface area contributed by atoms with Crippen molar-refractivity contribution >= 4 is 21.8 Å². The summed E-state index contributed by atoms with van der Waals surface area (Å²) in [5.41, 5.74) is 0. The molecule has 0 aliphatic carbocycles. The Morgan fingerprint density at radius 1 is 1.29 bits per heavy atom. The number of carbonyl (C=O) groups excluding carboxylic acids is 1. The molecule has 5 atom stereocenters. The third-order valence-electron chi connectivity index (χ3n) is 3.84. The van der Waals surface area contributed by atoms with Gasteiger partial charge in [-0.3, -0.25) is 4.79 Å². The van der Waals surface area contributed by atoms with Gasteiger partial charge in [0.05, 0.1) is 18.1 Å². The maximum Gasteiger partial charge on any atom is 0.226 e. The normalized spacial score (nSPS) is 35.0. The Morgan fingerprint density at radius 3 is 2.24 bits per heavy atom. The average Bonchev–Trinajstić information content (AvgIpc) is 2.49. The second kappa shape index (κ2) is 6.19. The fraction of sp³-hybridized carbons (Fsp3) is 0.923. The molecule has 1 heterocycles. The van der Waals surface area contributed by atoms with Gasteiger partial charge in [-0.15, -0.1) is 0 Å². The minimum absolute atomic E-state index is 0.0168. The second-order valence-electron chi connectivity index (χ2n) is 5.44. The molecule has 5 unspecified atom stereocenters. The summed E-state index contributed by atoms with van der Waals surface area (Å²) in [6.45, 7) is 10.4. The van der Waals surface area contributed by atoms with Crippen molar-refractivity contribution in [1.82, 2.24) is 5.32 Å². The molecular weight excluding hydrogens is 282 g/mol. The fourth-order valence-electron chi connectivity index (χ4n) is 2.38.